The number of hydrogen-bond donors (Lipinski definition) is 4. The minimum absolute atomic E-state index is 0.0154. The first-order valence-corrected chi connectivity index (χ1v) is 15.4. The van der Waals surface area contributed by atoms with E-state index in [1.165, 1.54) is 0 Å². The quantitative estimate of drug-likeness (QED) is 0.298. The fourth-order valence-corrected chi connectivity index (χ4v) is 9.16. The van der Waals surface area contributed by atoms with E-state index in [0.29, 0.717) is 30.4 Å². The lowest BCUT2D eigenvalue weighted by Crippen LogP contribution is -2.78. The molecule has 2 unspecified atom stereocenters. The molecule has 43 heavy (non-hydrogen) atoms. The van der Waals surface area contributed by atoms with Gasteiger partial charge in [-0.05, 0) is 81.5 Å². The van der Waals surface area contributed by atoms with Crippen LogP contribution in [0.2, 0.25) is 0 Å². The smallest absolute Gasteiger partial charge is 0.338 e. The molecule has 0 radical (unpaired) electrons. The zero-order chi connectivity index (χ0) is 30.8. The Morgan fingerprint density at radius 3 is 2.12 bits per heavy atom. The van der Waals surface area contributed by atoms with E-state index in [9.17, 15) is 30.0 Å². The van der Waals surface area contributed by atoms with E-state index >= 15 is 0 Å². The van der Waals surface area contributed by atoms with Crippen molar-refractivity contribution in [3.8, 4) is 0 Å². The lowest BCUT2D eigenvalue weighted by Gasteiger charge is -2.67. The molecule has 6 rings (SSSR count). The molecule has 4 N–H and O–H groups in total. The number of rotatable bonds is 5. The van der Waals surface area contributed by atoms with Crippen LogP contribution >= 0.6 is 0 Å². The first kappa shape index (κ1) is 30.0. The fraction of sp³-hybridized carbons (Fsp3) is 0.543. The van der Waals surface area contributed by atoms with Crippen LogP contribution in [0.3, 0.4) is 0 Å². The molecule has 9 atom stereocenters. The number of fused-ring (bicyclic) bond motifs is 5. The van der Waals surface area contributed by atoms with Crippen LogP contribution in [0, 0.1) is 16.7 Å². The van der Waals surface area contributed by atoms with Crippen molar-refractivity contribution in [3.63, 3.8) is 0 Å². The van der Waals surface area contributed by atoms with Gasteiger partial charge < -0.3 is 29.9 Å². The summed E-state index contributed by atoms with van der Waals surface area (Å²) >= 11 is 0. The van der Waals surface area contributed by atoms with Gasteiger partial charge in [-0.2, -0.15) is 0 Å². The SMILES string of the molecule is CC(OC(=O)c1ccccc1)[C@@]1(O)CC[C@@]2(O)[C@]1(C)C(OC(=O)c1ccccc1)C[C@@H]1[C@@]3(C)CC[C@H](O)CC3=CC[C@]12O. The van der Waals surface area contributed by atoms with Gasteiger partial charge in [0.15, 0.2) is 0 Å². The average molecular weight is 591 g/mol. The molecule has 4 aliphatic rings. The number of aliphatic hydroxyl groups is 4. The van der Waals surface area contributed by atoms with Crippen molar-refractivity contribution in [2.75, 3.05) is 0 Å². The number of hydrogen-bond acceptors (Lipinski definition) is 8. The predicted octanol–water partition coefficient (Wildman–Crippen LogP) is 4.35. The Kier molecular flexibility index (Phi) is 7.16. The minimum atomic E-state index is -1.90. The Hall–Kier alpha value is -3.04. The van der Waals surface area contributed by atoms with E-state index in [4.69, 9.17) is 9.47 Å². The summed E-state index contributed by atoms with van der Waals surface area (Å²) in [6.45, 7) is 5.32. The van der Waals surface area contributed by atoms with Crippen LogP contribution in [-0.2, 0) is 9.47 Å². The average Bonchev–Trinajstić information content (AvgIpc) is 3.23. The van der Waals surface area contributed by atoms with Crippen molar-refractivity contribution in [1.82, 2.24) is 0 Å². The number of benzene rings is 2. The standard InChI is InChI=1S/C35H42O8/c1-22(42-29(37)23-10-6-4-7-11-23)33(39)18-19-35(41)32(33,3)28(43-30(38)24-12-8-5-9-13-24)21-27-31(2)16-15-26(36)20-25(31)14-17-34(27,35)40/h4-14,22,26-28,36,39-41H,15-21H2,1-3H3/t22?,26-,27+,28?,31-,32+,33-,34-,35+/m0/s1. The second kappa shape index (κ2) is 10.3. The molecule has 8 nitrogen and oxygen atoms in total. The minimum Gasteiger partial charge on any atom is -0.458 e. The van der Waals surface area contributed by atoms with E-state index in [2.05, 4.69) is 6.92 Å². The molecule has 0 heterocycles. The molecular formula is C35H42O8. The van der Waals surface area contributed by atoms with Gasteiger partial charge >= 0.3 is 11.9 Å². The summed E-state index contributed by atoms with van der Waals surface area (Å²) in [5.74, 6) is -1.73. The van der Waals surface area contributed by atoms with Gasteiger partial charge in [0, 0.05) is 5.92 Å². The van der Waals surface area contributed by atoms with Crippen LogP contribution in [-0.4, -0.2) is 67.5 Å². The largest absolute Gasteiger partial charge is 0.458 e. The Balaban J connectivity index is 1.44. The maximum absolute atomic E-state index is 13.6. The third-order valence-corrected chi connectivity index (χ3v) is 11.9. The van der Waals surface area contributed by atoms with Crippen LogP contribution in [0.1, 0.15) is 86.4 Å². The Morgan fingerprint density at radius 1 is 0.884 bits per heavy atom. The zero-order valence-corrected chi connectivity index (χ0v) is 25.0. The van der Waals surface area contributed by atoms with Crippen LogP contribution in [0.4, 0.5) is 0 Å². The molecule has 3 saturated carbocycles. The summed E-state index contributed by atoms with van der Waals surface area (Å²) in [5, 5.41) is 48.6. The lowest BCUT2D eigenvalue weighted by molar-refractivity contribution is -0.324. The lowest BCUT2D eigenvalue weighted by atomic mass is 9.42. The van der Waals surface area contributed by atoms with E-state index in [-0.39, 0.29) is 25.7 Å². The Labute approximate surface area is 252 Å². The fourth-order valence-electron chi connectivity index (χ4n) is 9.16. The van der Waals surface area contributed by atoms with Crippen molar-refractivity contribution in [3.05, 3.63) is 83.4 Å². The van der Waals surface area contributed by atoms with Crippen molar-refractivity contribution >= 4 is 11.9 Å². The van der Waals surface area contributed by atoms with E-state index in [1.54, 1.807) is 74.5 Å². The molecule has 230 valence electrons. The summed E-state index contributed by atoms with van der Waals surface area (Å²) in [6, 6.07) is 17.0. The molecule has 3 fully saturated rings. The number of aliphatic hydroxyl groups excluding tert-OH is 1. The maximum atomic E-state index is 13.6. The highest BCUT2D eigenvalue weighted by Gasteiger charge is 2.81. The molecule has 0 saturated heterocycles. The predicted molar refractivity (Wildman–Crippen MR) is 158 cm³/mol. The molecule has 2 aromatic carbocycles. The van der Waals surface area contributed by atoms with Crippen molar-refractivity contribution < 1.29 is 39.5 Å². The van der Waals surface area contributed by atoms with Gasteiger partial charge in [0.05, 0.1) is 22.6 Å². The molecule has 8 heteroatoms. The van der Waals surface area contributed by atoms with Crippen LogP contribution in [0.5, 0.6) is 0 Å². The molecule has 0 aliphatic heterocycles. The van der Waals surface area contributed by atoms with E-state index in [1.807, 2.05) is 6.08 Å². The highest BCUT2D eigenvalue weighted by Crippen LogP contribution is 2.71. The molecule has 2 aromatic rings. The third-order valence-electron chi connectivity index (χ3n) is 11.9. The summed E-state index contributed by atoms with van der Waals surface area (Å²) in [6.07, 6.45) is 1.35. The van der Waals surface area contributed by atoms with Crippen LogP contribution in [0.25, 0.3) is 0 Å². The molecule has 0 amide bonds. The Bertz CT molecular complexity index is 1430. The molecule has 0 spiro atoms. The van der Waals surface area contributed by atoms with E-state index < -0.39 is 63.8 Å². The number of ether oxygens (including phenoxy) is 2. The first-order chi connectivity index (χ1) is 20.3. The van der Waals surface area contributed by atoms with Gasteiger partial charge in [0.2, 0.25) is 0 Å². The normalized spacial score (nSPS) is 40.7. The van der Waals surface area contributed by atoms with Gasteiger partial charge in [-0.3, -0.25) is 0 Å². The van der Waals surface area contributed by atoms with Crippen LogP contribution in [0.15, 0.2) is 72.3 Å². The topological polar surface area (TPSA) is 134 Å². The highest BCUT2D eigenvalue weighted by atomic mass is 16.6. The summed E-state index contributed by atoms with van der Waals surface area (Å²) in [4.78, 5) is 26.7. The van der Waals surface area contributed by atoms with Gasteiger partial charge in [0.25, 0.3) is 0 Å². The molecule has 0 bridgehead atoms. The van der Waals surface area contributed by atoms with Crippen LogP contribution < -0.4 is 0 Å². The monoisotopic (exact) mass is 590 g/mol. The van der Waals surface area contributed by atoms with Gasteiger partial charge in [-0.25, -0.2) is 9.59 Å². The summed E-state index contributed by atoms with van der Waals surface area (Å²) in [5.41, 5.74) is -5.87. The Morgan fingerprint density at radius 2 is 1.49 bits per heavy atom. The number of carbonyl (C=O) groups excluding carboxylic acids is 2. The van der Waals surface area contributed by atoms with Crippen molar-refractivity contribution in [2.45, 2.75) is 101 Å². The number of esters is 2. The molecule has 0 aromatic heterocycles. The van der Waals surface area contributed by atoms with Gasteiger partial charge in [-0.15, -0.1) is 0 Å². The van der Waals surface area contributed by atoms with Crippen molar-refractivity contribution in [1.29, 1.82) is 0 Å². The second-order valence-corrected chi connectivity index (χ2v) is 13.6. The summed E-state index contributed by atoms with van der Waals surface area (Å²) in [7, 11) is 0. The first-order valence-electron chi connectivity index (χ1n) is 15.4. The molecule has 4 aliphatic carbocycles. The van der Waals surface area contributed by atoms with Crippen molar-refractivity contribution in [2.24, 2.45) is 16.7 Å². The maximum Gasteiger partial charge on any atom is 0.338 e. The van der Waals surface area contributed by atoms with E-state index in [0.717, 1.165) is 5.57 Å². The molecular weight excluding hydrogens is 548 g/mol. The third kappa shape index (κ3) is 4.17. The van der Waals surface area contributed by atoms with Gasteiger partial charge in [-0.1, -0.05) is 61.9 Å². The highest BCUT2D eigenvalue weighted by molar-refractivity contribution is 5.90. The zero-order valence-electron chi connectivity index (χ0n) is 25.0. The summed E-state index contributed by atoms with van der Waals surface area (Å²) < 4.78 is 12.1. The van der Waals surface area contributed by atoms with Gasteiger partial charge in [0.1, 0.15) is 29.0 Å². The number of carbonyl (C=O) groups is 2. The second-order valence-electron chi connectivity index (χ2n) is 13.6.